The van der Waals surface area contributed by atoms with E-state index in [-0.39, 0.29) is 17.6 Å². The molecule has 3 aromatic carbocycles. The van der Waals surface area contributed by atoms with E-state index < -0.39 is 0 Å². The quantitative estimate of drug-likeness (QED) is 0.285. The van der Waals surface area contributed by atoms with Gasteiger partial charge < -0.3 is 5.32 Å². The predicted octanol–water partition coefficient (Wildman–Crippen LogP) is 7.14. The highest BCUT2D eigenvalue weighted by molar-refractivity contribution is 9.10. The van der Waals surface area contributed by atoms with Crippen LogP contribution in [0.5, 0.6) is 0 Å². The molecule has 0 radical (unpaired) electrons. The summed E-state index contributed by atoms with van der Waals surface area (Å²) >= 11 is 6.97. The first kappa shape index (κ1) is 22.4. The Labute approximate surface area is 204 Å². The fourth-order valence-electron chi connectivity index (χ4n) is 3.36. The summed E-state index contributed by atoms with van der Waals surface area (Å²) in [6, 6.07) is 21.6. The van der Waals surface area contributed by atoms with Gasteiger partial charge >= 0.3 is 0 Å². The molecule has 7 heteroatoms. The lowest BCUT2D eigenvalue weighted by Gasteiger charge is -2.13. The van der Waals surface area contributed by atoms with Crippen molar-refractivity contribution in [1.29, 1.82) is 0 Å². The van der Waals surface area contributed by atoms with E-state index in [1.807, 2.05) is 73.7 Å². The van der Waals surface area contributed by atoms with Gasteiger partial charge in [0, 0.05) is 20.2 Å². The summed E-state index contributed by atoms with van der Waals surface area (Å²) in [5, 5.41) is 7.56. The molecule has 0 aliphatic rings. The van der Waals surface area contributed by atoms with Crippen LogP contribution in [0.25, 0.3) is 17.1 Å². The summed E-state index contributed by atoms with van der Waals surface area (Å²) in [5.74, 6) is 0.616. The zero-order valence-electron chi connectivity index (χ0n) is 17.9. The van der Waals surface area contributed by atoms with Gasteiger partial charge in [-0.05, 0) is 60.9 Å². The van der Waals surface area contributed by atoms with Gasteiger partial charge in [-0.2, -0.15) is 0 Å². The van der Waals surface area contributed by atoms with Gasteiger partial charge in [-0.25, -0.2) is 9.67 Å². The fraction of sp³-hybridized carbons (Fsp3) is 0.160. The second-order valence-electron chi connectivity index (χ2n) is 7.85. The van der Waals surface area contributed by atoms with Crippen LogP contribution in [-0.4, -0.2) is 20.7 Å². The zero-order chi connectivity index (χ0) is 22.8. The summed E-state index contributed by atoms with van der Waals surface area (Å²) in [6.45, 7) is 6.21. The Morgan fingerprint density at radius 3 is 2.25 bits per heavy atom. The van der Waals surface area contributed by atoms with Crippen LogP contribution in [0.3, 0.4) is 0 Å². The van der Waals surface area contributed by atoms with Crippen molar-refractivity contribution >= 4 is 43.5 Å². The zero-order valence-corrected chi connectivity index (χ0v) is 21.1. The molecule has 5 nitrogen and oxygen atoms in total. The van der Waals surface area contributed by atoms with Crippen molar-refractivity contribution < 1.29 is 4.79 Å². The normalized spacial score (nSPS) is 11.1. The molecule has 0 saturated carbocycles. The SMILES string of the molecule is Cc1ccc(-n2nc(C(=O)Nc3ccc(Br)cc3C(C)C)nc2-c2ccc(Br)cc2)cc1. The van der Waals surface area contributed by atoms with Gasteiger partial charge in [-0.1, -0.05) is 75.5 Å². The number of hydrogen-bond donors (Lipinski definition) is 1. The average molecular weight is 554 g/mol. The number of aromatic nitrogens is 3. The molecule has 0 spiro atoms. The molecule has 0 aliphatic heterocycles. The predicted molar refractivity (Wildman–Crippen MR) is 135 cm³/mol. The van der Waals surface area contributed by atoms with E-state index in [0.717, 1.165) is 37.0 Å². The number of amides is 1. The number of hydrogen-bond acceptors (Lipinski definition) is 3. The first-order valence-electron chi connectivity index (χ1n) is 10.2. The van der Waals surface area contributed by atoms with Gasteiger partial charge in [0.15, 0.2) is 5.82 Å². The molecule has 1 heterocycles. The smallest absolute Gasteiger partial charge is 0.295 e. The van der Waals surface area contributed by atoms with Gasteiger partial charge in [0.2, 0.25) is 5.82 Å². The molecule has 0 atom stereocenters. The van der Waals surface area contributed by atoms with Gasteiger partial charge in [0.05, 0.1) is 5.69 Å². The topological polar surface area (TPSA) is 59.8 Å². The Bertz CT molecular complexity index is 1200. The Kier molecular flexibility index (Phi) is 6.58. The van der Waals surface area contributed by atoms with Crippen LogP contribution in [0.15, 0.2) is 75.7 Å². The summed E-state index contributed by atoms with van der Waals surface area (Å²) in [7, 11) is 0. The third kappa shape index (κ3) is 4.84. The molecular weight excluding hydrogens is 532 g/mol. The lowest BCUT2D eigenvalue weighted by molar-refractivity contribution is 0.101. The molecule has 1 N–H and O–H groups in total. The van der Waals surface area contributed by atoms with Crippen molar-refractivity contribution in [2.45, 2.75) is 26.7 Å². The largest absolute Gasteiger partial charge is 0.319 e. The van der Waals surface area contributed by atoms with Crippen molar-refractivity contribution in [3.63, 3.8) is 0 Å². The summed E-state index contributed by atoms with van der Waals surface area (Å²) in [6.07, 6.45) is 0. The Balaban J connectivity index is 1.75. The third-order valence-electron chi connectivity index (χ3n) is 5.08. The van der Waals surface area contributed by atoms with Crippen LogP contribution in [0.1, 0.15) is 41.5 Å². The first-order valence-corrected chi connectivity index (χ1v) is 11.8. The molecule has 162 valence electrons. The molecule has 1 amide bonds. The maximum Gasteiger partial charge on any atom is 0.295 e. The van der Waals surface area contributed by atoms with Gasteiger partial charge in [0.1, 0.15) is 0 Å². The van der Waals surface area contributed by atoms with Gasteiger partial charge in [0.25, 0.3) is 5.91 Å². The van der Waals surface area contributed by atoms with Crippen molar-refractivity contribution in [3.05, 3.63) is 92.6 Å². The number of nitrogens with one attached hydrogen (secondary N) is 1. The van der Waals surface area contributed by atoms with Gasteiger partial charge in [-0.3, -0.25) is 4.79 Å². The van der Waals surface area contributed by atoms with E-state index in [9.17, 15) is 4.79 Å². The molecule has 4 aromatic rings. The number of carbonyl (C=O) groups is 1. The third-order valence-corrected chi connectivity index (χ3v) is 6.10. The van der Waals surface area contributed by atoms with Crippen molar-refractivity contribution in [2.75, 3.05) is 5.32 Å². The lowest BCUT2D eigenvalue weighted by Crippen LogP contribution is -2.16. The molecule has 0 bridgehead atoms. The van der Waals surface area contributed by atoms with Crippen LogP contribution < -0.4 is 5.32 Å². The Morgan fingerprint density at radius 1 is 0.938 bits per heavy atom. The van der Waals surface area contributed by atoms with E-state index in [1.54, 1.807) is 4.68 Å². The summed E-state index contributed by atoms with van der Waals surface area (Å²) in [4.78, 5) is 17.8. The van der Waals surface area contributed by atoms with Crippen molar-refractivity contribution in [1.82, 2.24) is 14.8 Å². The minimum atomic E-state index is -0.349. The second kappa shape index (κ2) is 9.38. The fourth-order valence-corrected chi connectivity index (χ4v) is 4.01. The van der Waals surface area contributed by atoms with Crippen molar-refractivity contribution in [3.8, 4) is 17.1 Å². The van der Waals surface area contributed by atoms with Crippen molar-refractivity contribution in [2.24, 2.45) is 0 Å². The molecule has 0 saturated heterocycles. The Morgan fingerprint density at radius 2 is 1.59 bits per heavy atom. The lowest BCUT2D eigenvalue weighted by atomic mass is 10.0. The van der Waals surface area contributed by atoms with Crippen LogP contribution >= 0.6 is 31.9 Å². The number of carbonyl (C=O) groups excluding carboxylic acids is 1. The molecule has 1 aromatic heterocycles. The number of nitrogens with zero attached hydrogens (tertiary/aromatic N) is 3. The number of anilines is 1. The van der Waals surface area contributed by atoms with Crippen LogP contribution in [0.4, 0.5) is 5.69 Å². The highest BCUT2D eigenvalue weighted by Gasteiger charge is 2.20. The van der Waals surface area contributed by atoms with E-state index in [2.05, 4.69) is 61.1 Å². The van der Waals surface area contributed by atoms with E-state index >= 15 is 0 Å². The average Bonchev–Trinajstić information content (AvgIpc) is 3.21. The standard InChI is InChI=1S/C25H22Br2N4O/c1-15(2)21-14-19(27)10-13-22(21)28-25(32)23-29-24(17-6-8-18(26)9-7-17)31(30-23)20-11-4-16(3)5-12-20/h4-15H,1-3H3,(H,28,32). The van der Waals surface area contributed by atoms with Crippen LogP contribution in [0, 0.1) is 6.92 Å². The second-order valence-corrected chi connectivity index (χ2v) is 9.69. The maximum atomic E-state index is 13.1. The molecule has 0 unspecified atom stereocenters. The summed E-state index contributed by atoms with van der Waals surface area (Å²) in [5.41, 5.74) is 4.65. The minimum absolute atomic E-state index is 0.112. The number of benzene rings is 3. The first-order chi connectivity index (χ1) is 15.3. The van der Waals surface area contributed by atoms with Crippen LogP contribution in [0.2, 0.25) is 0 Å². The highest BCUT2D eigenvalue weighted by Crippen LogP contribution is 2.29. The Hall–Kier alpha value is -2.77. The van der Waals surface area contributed by atoms with Crippen LogP contribution in [-0.2, 0) is 0 Å². The maximum absolute atomic E-state index is 13.1. The molecular formula is C25H22Br2N4O. The summed E-state index contributed by atoms with van der Waals surface area (Å²) < 4.78 is 3.65. The molecule has 4 rings (SSSR count). The number of rotatable bonds is 5. The van der Waals surface area contributed by atoms with Gasteiger partial charge in [-0.15, -0.1) is 5.10 Å². The number of halogens is 2. The molecule has 0 fully saturated rings. The minimum Gasteiger partial charge on any atom is -0.319 e. The monoisotopic (exact) mass is 552 g/mol. The van der Waals surface area contributed by atoms with E-state index in [0.29, 0.717) is 5.82 Å². The molecule has 0 aliphatic carbocycles. The van der Waals surface area contributed by atoms with E-state index in [1.165, 1.54) is 0 Å². The van der Waals surface area contributed by atoms with E-state index in [4.69, 9.17) is 0 Å². The molecule has 32 heavy (non-hydrogen) atoms. The number of aryl methyl sites for hydroxylation is 1. The highest BCUT2D eigenvalue weighted by atomic mass is 79.9.